The molecule has 0 aromatic carbocycles. The SMILES string of the molecule is CC1CC(CNc2nc(Cl)cs2)CCO1. The summed E-state index contributed by atoms with van der Waals surface area (Å²) in [5.41, 5.74) is 0. The van der Waals surface area contributed by atoms with E-state index in [1.54, 1.807) is 11.3 Å². The van der Waals surface area contributed by atoms with Crippen LogP contribution in [0.3, 0.4) is 0 Å². The summed E-state index contributed by atoms with van der Waals surface area (Å²) in [6.45, 7) is 3.98. The molecule has 84 valence electrons. The third kappa shape index (κ3) is 3.33. The van der Waals surface area contributed by atoms with Crippen LogP contribution in [-0.2, 0) is 4.74 Å². The number of nitrogens with zero attached hydrogens (tertiary/aromatic N) is 1. The van der Waals surface area contributed by atoms with E-state index in [0.29, 0.717) is 17.2 Å². The zero-order valence-electron chi connectivity index (χ0n) is 8.70. The van der Waals surface area contributed by atoms with Gasteiger partial charge in [0.15, 0.2) is 5.13 Å². The van der Waals surface area contributed by atoms with Gasteiger partial charge in [0.1, 0.15) is 5.15 Å². The molecule has 3 nitrogen and oxygen atoms in total. The first-order chi connectivity index (χ1) is 7.24. The van der Waals surface area contributed by atoms with Crippen molar-refractivity contribution in [1.29, 1.82) is 0 Å². The van der Waals surface area contributed by atoms with Crippen LogP contribution < -0.4 is 5.32 Å². The molecular formula is C10H15ClN2OS. The van der Waals surface area contributed by atoms with E-state index in [4.69, 9.17) is 16.3 Å². The number of anilines is 1. The molecular weight excluding hydrogens is 232 g/mol. The quantitative estimate of drug-likeness (QED) is 0.890. The topological polar surface area (TPSA) is 34.2 Å². The molecule has 1 aromatic rings. The highest BCUT2D eigenvalue weighted by Crippen LogP contribution is 2.23. The minimum Gasteiger partial charge on any atom is -0.378 e. The lowest BCUT2D eigenvalue weighted by atomic mass is 9.96. The fraction of sp³-hybridized carbons (Fsp3) is 0.700. The summed E-state index contributed by atoms with van der Waals surface area (Å²) < 4.78 is 5.50. The fourth-order valence-electron chi connectivity index (χ4n) is 1.84. The van der Waals surface area contributed by atoms with Crippen molar-refractivity contribution in [3.63, 3.8) is 0 Å². The average molecular weight is 247 g/mol. The number of rotatable bonds is 3. The van der Waals surface area contributed by atoms with Crippen LogP contribution >= 0.6 is 22.9 Å². The van der Waals surface area contributed by atoms with Crippen LogP contribution in [0.2, 0.25) is 5.15 Å². The summed E-state index contributed by atoms with van der Waals surface area (Å²) in [6, 6.07) is 0. The molecule has 0 spiro atoms. The van der Waals surface area contributed by atoms with Crippen molar-refractivity contribution in [3.8, 4) is 0 Å². The van der Waals surface area contributed by atoms with Crippen LogP contribution in [0.25, 0.3) is 0 Å². The molecule has 1 aliphatic rings. The predicted octanol–water partition coefficient (Wildman–Crippen LogP) is 3.02. The van der Waals surface area contributed by atoms with Crippen molar-refractivity contribution >= 4 is 28.1 Å². The number of thiazole rings is 1. The van der Waals surface area contributed by atoms with Gasteiger partial charge in [-0.2, -0.15) is 0 Å². The lowest BCUT2D eigenvalue weighted by Crippen LogP contribution is -2.27. The third-order valence-corrected chi connectivity index (χ3v) is 3.73. The molecule has 1 saturated heterocycles. The number of halogens is 1. The second-order valence-electron chi connectivity index (χ2n) is 3.93. The first kappa shape index (κ1) is 11.2. The molecule has 1 aromatic heterocycles. The molecule has 0 saturated carbocycles. The van der Waals surface area contributed by atoms with Crippen LogP contribution in [0.1, 0.15) is 19.8 Å². The Labute approximate surface area is 98.8 Å². The maximum absolute atomic E-state index is 5.74. The van der Waals surface area contributed by atoms with Gasteiger partial charge in [0.05, 0.1) is 6.10 Å². The summed E-state index contributed by atoms with van der Waals surface area (Å²) in [4.78, 5) is 4.16. The number of ether oxygens (including phenoxy) is 1. The first-order valence-corrected chi connectivity index (χ1v) is 6.46. The van der Waals surface area contributed by atoms with E-state index in [1.165, 1.54) is 0 Å². The molecule has 0 radical (unpaired) electrons. The van der Waals surface area contributed by atoms with Gasteiger partial charge in [-0.15, -0.1) is 11.3 Å². The molecule has 2 unspecified atom stereocenters. The second kappa shape index (κ2) is 5.14. The number of hydrogen-bond donors (Lipinski definition) is 1. The summed E-state index contributed by atoms with van der Waals surface area (Å²) in [5.74, 6) is 0.691. The van der Waals surface area contributed by atoms with Gasteiger partial charge < -0.3 is 10.1 Å². The number of nitrogens with one attached hydrogen (secondary N) is 1. The predicted molar refractivity (Wildman–Crippen MR) is 63.8 cm³/mol. The minimum atomic E-state index is 0.394. The third-order valence-electron chi connectivity index (χ3n) is 2.61. The molecule has 0 aliphatic carbocycles. The average Bonchev–Trinajstić information content (AvgIpc) is 2.62. The zero-order chi connectivity index (χ0) is 10.7. The maximum Gasteiger partial charge on any atom is 0.184 e. The van der Waals surface area contributed by atoms with Crippen LogP contribution in [0, 0.1) is 5.92 Å². The number of aromatic nitrogens is 1. The van der Waals surface area contributed by atoms with Crippen molar-refractivity contribution in [2.24, 2.45) is 5.92 Å². The van der Waals surface area contributed by atoms with Crippen molar-refractivity contribution in [2.45, 2.75) is 25.9 Å². The Morgan fingerprint density at radius 1 is 1.73 bits per heavy atom. The summed E-state index contributed by atoms with van der Waals surface area (Å²) in [5, 5.41) is 6.65. The van der Waals surface area contributed by atoms with E-state index < -0.39 is 0 Å². The van der Waals surface area contributed by atoms with Gasteiger partial charge in [0, 0.05) is 18.5 Å². The van der Waals surface area contributed by atoms with Gasteiger partial charge in [-0.05, 0) is 25.7 Å². The Hall–Kier alpha value is -0.320. The van der Waals surface area contributed by atoms with Gasteiger partial charge in [0.2, 0.25) is 0 Å². The van der Waals surface area contributed by atoms with Gasteiger partial charge >= 0.3 is 0 Å². The fourth-order valence-corrected chi connectivity index (χ4v) is 2.69. The van der Waals surface area contributed by atoms with Gasteiger partial charge in [-0.3, -0.25) is 0 Å². The zero-order valence-corrected chi connectivity index (χ0v) is 10.3. The molecule has 1 fully saturated rings. The van der Waals surface area contributed by atoms with E-state index in [9.17, 15) is 0 Å². The molecule has 0 bridgehead atoms. The number of hydrogen-bond acceptors (Lipinski definition) is 4. The van der Waals surface area contributed by atoms with Crippen LogP contribution in [0.15, 0.2) is 5.38 Å². The van der Waals surface area contributed by atoms with Crippen molar-refractivity contribution in [3.05, 3.63) is 10.5 Å². The largest absolute Gasteiger partial charge is 0.378 e. The monoisotopic (exact) mass is 246 g/mol. The van der Waals surface area contributed by atoms with E-state index in [-0.39, 0.29) is 0 Å². The van der Waals surface area contributed by atoms with E-state index in [1.807, 2.05) is 5.38 Å². The summed E-state index contributed by atoms with van der Waals surface area (Å²) in [6.07, 6.45) is 2.66. The first-order valence-electron chi connectivity index (χ1n) is 5.20. The maximum atomic E-state index is 5.74. The van der Waals surface area contributed by atoms with Gasteiger partial charge in [-0.1, -0.05) is 11.6 Å². The minimum absolute atomic E-state index is 0.394. The van der Waals surface area contributed by atoms with Crippen LogP contribution in [0.5, 0.6) is 0 Å². The Morgan fingerprint density at radius 2 is 2.60 bits per heavy atom. The van der Waals surface area contributed by atoms with Gasteiger partial charge in [-0.25, -0.2) is 4.98 Å². The highest BCUT2D eigenvalue weighted by Gasteiger charge is 2.19. The van der Waals surface area contributed by atoms with E-state index in [0.717, 1.165) is 31.1 Å². The standard InChI is InChI=1S/C10H15ClN2OS/c1-7-4-8(2-3-14-7)5-12-10-13-9(11)6-15-10/h6-8H,2-5H2,1H3,(H,12,13). The highest BCUT2D eigenvalue weighted by molar-refractivity contribution is 7.14. The van der Waals surface area contributed by atoms with Crippen LogP contribution in [-0.4, -0.2) is 24.2 Å². The highest BCUT2D eigenvalue weighted by atomic mass is 35.5. The molecule has 2 rings (SSSR count). The normalized spacial score (nSPS) is 26.5. The van der Waals surface area contributed by atoms with Crippen molar-refractivity contribution < 1.29 is 4.74 Å². The molecule has 1 N–H and O–H groups in total. The van der Waals surface area contributed by atoms with Crippen LogP contribution in [0.4, 0.5) is 5.13 Å². The van der Waals surface area contributed by atoms with Crippen molar-refractivity contribution in [2.75, 3.05) is 18.5 Å². The molecule has 15 heavy (non-hydrogen) atoms. The summed E-state index contributed by atoms with van der Waals surface area (Å²) in [7, 11) is 0. The Bertz CT molecular complexity index is 318. The smallest absolute Gasteiger partial charge is 0.184 e. The van der Waals surface area contributed by atoms with Crippen molar-refractivity contribution in [1.82, 2.24) is 4.98 Å². The van der Waals surface area contributed by atoms with E-state index in [2.05, 4.69) is 17.2 Å². The molecule has 1 aliphatic heterocycles. The molecule has 0 amide bonds. The Balaban J connectivity index is 1.77. The van der Waals surface area contributed by atoms with E-state index >= 15 is 0 Å². The Kier molecular flexibility index (Phi) is 3.83. The molecule has 2 heterocycles. The van der Waals surface area contributed by atoms with Gasteiger partial charge in [0.25, 0.3) is 0 Å². The molecule has 2 atom stereocenters. The Morgan fingerprint density at radius 3 is 3.27 bits per heavy atom. The second-order valence-corrected chi connectivity index (χ2v) is 5.17. The lowest BCUT2D eigenvalue weighted by Gasteiger charge is -2.27. The summed E-state index contributed by atoms with van der Waals surface area (Å²) >= 11 is 7.30. The molecule has 5 heteroatoms. The lowest BCUT2D eigenvalue weighted by molar-refractivity contribution is 0.00558.